The van der Waals surface area contributed by atoms with Crippen LogP contribution in [0.2, 0.25) is 0 Å². The second-order valence-electron chi connectivity index (χ2n) is 4.04. The van der Waals surface area contributed by atoms with E-state index in [9.17, 15) is 4.79 Å². The normalized spacial score (nSPS) is 10.3. The molecule has 0 atom stereocenters. The molecular formula is C14H15N3O. The zero-order valence-corrected chi connectivity index (χ0v) is 9.89. The molecular weight excluding hydrogens is 226 g/mol. The lowest BCUT2D eigenvalue weighted by molar-refractivity contribution is 0.100. The smallest absolute Gasteiger partial charge is 0.249 e. The predicted octanol–water partition coefficient (Wildman–Crippen LogP) is 1.49. The van der Waals surface area contributed by atoms with Crippen LogP contribution in [-0.2, 0) is 6.54 Å². The lowest BCUT2D eigenvalue weighted by Crippen LogP contribution is -2.13. The van der Waals surface area contributed by atoms with Crippen LogP contribution >= 0.6 is 0 Å². The van der Waals surface area contributed by atoms with Gasteiger partial charge in [-0.15, -0.1) is 0 Å². The summed E-state index contributed by atoms with van der Waals surface area (Å²) in [7, 11) is 0. The molecule has 0 fully saturated rings. The first-order valence-corrected chi connectivity index (χ1v) is 5.61. The summed E-state index contributed by atoms with van der Waals surface area (Å²) < 4.78 is 0. The number of carbonyl (C=O) groups is 1. The lowest BCUT2D eigenvalue weighted by Gasteiger charge is -2.11. The monoisotopic (exact) mass is 241 g/mol. The van der Waals surface area contributed by atoms with Crippen molar-refractivity contribution < 1.29 is 4.79 Å². The maximum absolute atomic E-state index is 11.5. The summed E-state index contributed by atoms with van der Waals surface area (Å²) in [5.74, 6) is -0.475. The van der Waals surface area contributed by atoms with E-state index in [1.165, 1.54) is 0 Å². The van der Waals surface area contributed by atoms with Crippen molar-refractivity contribution in [1.82, 2.24) is 0 Å². The summed E-state index contributed by atoms with van der Waals surface area (Å²) in [6.45, 7) is 0.402. The number of primary amides is 1. The Labute approximate surface area is 105 Å². The Hall–Kier alpha value is -2.33. The molecule has 1 amide bonds. The molecule has 4 nitrogen and oxygen atoms in total. The summed E-state index contributed by atoms with van der Waals surface area (Å²) in [5, 5.41) is 0. The van der Waals surface area contributed by atoms with Gasteiger partial charge in [0.05, 0.1) is 0 Å². The van der Waals surface area contributed by atoms with E-state index in [4.69, 9.17) is 17.2 Å². The van der Waals surface area contributed by atoms with Gasteiger partial charge < -0.3 is 17.2 Å². The van der Waals surface area contributed by atoms with Crippen LogP contribution < -0.4 is 17.2 Å². The third-order valence-corrected chi connectivity index (χ3v) is 2.84. The van der Waals surface area contributed by atoms with Crippen LogP contribution in [0.5, 0.6) is 0 Å². The molecule has 0 aliphatic rings. The molecule has 2 rings (SSSR count). The van der Waals surface area contributed by atoms with Crippen LogP contribution in [0.25, 0.3) is 11.1 Å². The fourth-order valence-electron chi connectivity index (χ4n) is 1.90. The lowest BCUT2D eigenvalue weighted by atomic mass is 9.95. The van der Waals surface area contributed by atoms with Gasteiger partial charge in [0.2, 0.25) is 5.91 Å². The van der Waals surface area contributed by atoms with Crippen molar-refractivity contribution in [3.05, 3.63) is 53.6 Å². The molecule has 0 saturated carbocycles. The molecule has 0 aromatic heterocycles. The molecule has 0 aliphatic carbocycles. The number of carbonyl (C=O) groups excluding carboxylic acids is 1. The topological polar surface area (TPSA) is 95.1 Å². The quantitative estimate of drug-likeness (QED) is 0.710. The van der Waals surface area contributed by atoms with Gasteiger partial charge in [0.15, 0.2) is 0 Å². The number of amides is 1. The van der Waals surface area contributed by atoms with Crippen LogP contribution in [0.4, 0.5) is 5.69 Å². The van der Waals surface area contributed by atoms with Gasteiger partial charge in [-0.1, -0.05) is 24.3 Å². The summed E-state index contributed by atoms with van der Waals surface area (Å²) >= 11 is 0. The SMILES string of the molecule is NCc1ccc(C(N)=O)c(-c2ccccc2N)c1. The van der Waals surface area contributed by atoms with E-state index in [1.54, 1.807) is 18.2 Å². The number of nitrogens with two attached hydrogens (primary N) is 3. The zero-order chi connectivity index (χ0) is 13.1. The minimum Gasteiger partial charge on any atom is -0.398 e. The zero-order valence-electron chi connectivity index (χ0n) is 9.89. The molecule has 92 valence electrons. The molecule has 4 heteroatoms. The van der Waals surface area contributed by atoms with Gasteiger partial charge in [0, 0.05) is 23.4 Å². The highest BCUT2D eigenvalue weighted by Gasteiger charge is 2.12. The van der Waals surface area contributed by atoms with E-state index in [2.05, 4.69) is 0 Å². The third kappa shape index (κ3) is 2.19. The number of para-hydroxylation sites is 1. The van der Waals surface area contributed by atoms with Gasteiger partial charge in [0.25, 0.3) is 0 Å². The Kier molecular flexibility index (Phi) is 3.30. The standard InChI is InChI=1S/C14H15N3O/c15-8-9-5-6-11(14(17)18)12(7-9)10-3-1-2-4-13(10)16/h1-7H,8,15-16H2,(H2,17,18). The van der Waals surface area contributed by atoms with Crippen LogP contribution in [0, 0.1) is 0 Å². The van der Waals surface area contributed by atoms with Crippen molar-refractivity contribution in [3.8, 4) is 11.1 Å². The number of hydrogen-bond donors (Lipinski definition) is 3. The third-order valence-electron chi connectivity index (χ3n) is 2.84. The first-order valence-electron chi connectivity index (χ1n) is 5.61. The van der Waals surface area contributed by atoms with Crippen molar-refractivity contribution in [1.29, 1.82) is 0 Å². The van der Waals surface area contributed by atoms with Gasteiger partial charge in [0.1, 0.15) is 0 Å². The fraction of sp³-hybridized carbons (Fsp3) is 0.0714. The molecule has 0 radical (unpaired) electrons. The number of anilines is 1. The number of benzene rings is 2. The Morgan fingerprint density at radius 1 is 1.06 bits per heavy atom. The molecule has 0 saturated heterocycles. The molecule has 2 aromatic rings. The van der Waals surface area contributed by atoms with Crippen LogP contribution in [0.1, 0.15) is 15.9 Å². The van der Waals surface area contributed by atoms with Gasteiger partial charge in [-0.2, -0.15) is 0 Å². The minimum absolute atomic E-state index is 0.402. The fourth-order valence-corrected chi connectivity index (χ4v) is 1.90. The van der Waals surface area contributed by atoms with Crippen LogP contribution in [0.15, 0.2) is 42.5 Å². The summed E-state index contributed by atoms with van der Waals surface area (Å²) in [6.07, 6.45) is 0. The summed E-state index contributed by atoms with van der Waals surface area (Å²) in [4.78, 5) is 11.5. The highest BCUT2D eigenvalue weighted by molar-refractivity contribution is 6.01. The summed E-state index contributed by atoms with van der Waals surface area (Å²) in [6, 6.07) is 12.7. The first-order chi connectivity index (χ1) is 8.63. The van der Waals surface area contributed by atoms with Gasteiger partial charge in [-0.3, -0.25) is 4.79 Å². The van der Waals surface area contributed by atoms with E-state index in [0.29, 0.717) is 17.8 Å². The highest BCUT2D eigenvalue weighted by atomic mass is 16.1. The van der Waals surface area contributed by atoms with E-state index >= 15 is 0 Å². The van der Waals surface area contributed by atoms with Crippen molar-refractivity contribution >= 4 is 11.6 Å². The van der Waals surface area contributed by atoms with Crippen molar-refractivity contribution in [3.63, 3.8) is 0 Å². The number of nitrogen functional groups attached to an aromatic ring is 1. The number of rotatable bonds is 3. The molecule has 2 aromatic carbocycles. The molecule has 0 heterocycles. The average molecular weight is 241 g/mol. The first kappa shape index (κ1) is 12.1. The molecule has 18 heavy (non-hydrogen) atoms. The largest absolute Gasteiger partial charge is 0.398 e. The van der Waals surface area contributed by atoms with Crippen molar-refractivity contribution in [2.45, 2.75) is 6.54 Å². The molecule has 0 unspecified atom stereocenters. The minimum atomic E-state index is -0.475. The molecule has 0 bridgehead atoms. The van der Waals surface area contributed by atoms with Crippen molar-refractivity contribution in [2.75, 3.05) is 5.73 Å². The Balaban J connectivity index is 2.68. The van der Waals surface area contributed by atoms with Crippen LogP contribution in [0.3, 0.4) is 0 Å². The van der Waals surface area contributed by atoms with Gasteiger partial charge in [-0.25, -0.2) is 0 Å². The van der Waals surface area contributed by atoms with E-state index in [1.807, 2.05) is 24.3 Å². The number of hydrogen-bond acceptors (Lipinski definition) is 3. The van der Waals surface area contributed by atoms with Gasteiger partial charge >= 0.3 is 0 Å². The van der Waals surface area contributed by atoms with Gasteiger partial charge in [-0.05, 0) is 29.3 Å². The molecule has 0 spiro atoms. The second-order valence-corrected chi connectivity index (χ2v) is 4.04. The molecule has 6 N–H and O–H groups in total. The maximum Gasteiger partial charge on any atom is 0.249 e. The maximum atomic E-state index is 11.5. The van der Waals surface area contributed by atoms with Crippen LogP contribution in [-0.4, -0.2) is 5.91 Å². The van der Waals surface area contributed by atoms with Crippen molar-refractivity contribution in [2.24, 2.45) is 11.5 Å². The Bertz CT molecular complexity index is 593. The second kappa shape index (κ2) is 4.89. The summed E-state index contributed by atoms with van der Waals surface area (Å²) in [5.41, 5.74) is 20.4. The van der Waals surface area contributed by atoms with E-state index in [0.717, 1.165) is 16.7 Å². The van der Waals surface area contributed by atoms with E-state index in [-0.39, 0.29) is 0 Å². The van der Waals surface area contributed by atoms with E-state index < -0.39 is 5.91 Å². The predicted molar refractivity (Wildman–Crippen MR) is 72.7 cm³/mol. The average Bonchev–Trinajstić information content (AvgIpc) is 2.38. The highest BCUT2D eigenvalue weighted by Crippen LogP contribution is 2.29. The Morgan fingerprint density at radius 3 is 2.39 bits per heavy atom. The Morgan fingerprint density at radius 2 is 1.78 bits per heavy atom. The molecule has 0 aliphatic heterocycles.